The molecule has 2 heteroatoms. The molecule has 0 aromatic rings. The third-order valence-corrected chi connectivity index (χ3v) is 3.22. The number of ketones is 1. The van der Waals surface area contributed by atoms with Crippen LogP contribution in [0, 0.1) is 5.92 Å². The second kappa shape index (κ2) is 2.59. The summed E-state index contributed by atoms with van der Waals surface area (Å²) in [5.74, 6) is 0.592. The Balaban J connectivity index is 2.80. The largest absolute Gasteiger partial charge is 0.300 e. The predicted octanol–water partition coefficient (Wildman–Crippen LogP) is 1.31. The Bertz CT molecular complexity index is 174. The van der Waals surface area contributed by atoms with Gasteiger partial charge < -0.3 is 4.90 Å². The molecule has 0 bridgehead atoms. The molecule has 1 aliphatic rings. The van der Waals surface area contributed by atoms with Gasteiger partial charge in [-0.15, -0.1) is 0 Å². The number of nitrogens with zero attached hydrogens (tertiary/aromatic N) is 1. The fourth-order valence-corrected chi connectivity index (χ4v) is 1.51. The standard InChI is InChI=1S/C9H17NO/c1-7-8(11)5-6-10(4)9(7,2)3/h7H,5-6H2,1-4H3. The maximum Gasteiger partial charge on any atom is 0.138 e. The molecule has 1 atom stereocenters. The van der Waals surface area contributed by atoms with E-state index in [4.69, 9.17) is 0 Å². The summed E-state index contributed by atoms with van der Waals surface area (Å²) in [5.41, 5.74) is 0.0509. The molecule has 1 aliphatic heterocycles. The summed E-state index contributed by atoms with van der Waals surface area (Å²) in [6.07, 6.45) is 0.723. The first kappa shape index (κ1) is 8.72. The van der Waals surface area contributed by atoms with Crippen LogP contribution in [0.1, 0.15) is 27.2 Å². The lowest BCUT2D eigenvalue weighted by molar-refractivity contribution is -0.131. The van der Waals surface area contributed by atoms with E-state index in [2.05, 4.69) is 25.8 Å². The third-order valence-electron chi connectivity index (χ3n) is 3.22. The normalized spacial score (nSPS) is 32.4. The van der Waals surface area contributed by atoms with Gasteiger partial charge in [0.1, 0.15) is 5.78 Å². The van der Waals surface area contributed by atoms with Crippen molar-refractivity contribution in [2.24, 2.45) is 5.92 Å². The number of carbonyl (C=O) groups excluding carboxylic acids is 1. The second-order valence-electron chi connectivity index (χ2n) is 4.01. The molecule has 0 aromatic heterocycles. The highest BCUT2D eigenvalue weighted by molar-refractivity contribution is 5.82. The zero-order chi connectivity index (χ0) is 8.65. The number of likely N-dealkylation sites (tertiary alicyclic amines) is 1. The molecule has 0 radical (unpaired) electrons. The van der Waals surface area contributed by atoms with E-state index in [9.17, 15) is 4.79 Å². The van der Waals surface area contributed by atoms with Crippen LogP contribution in [-0.2, 0) is 4.79 Å². The number of hydrogen-bond donors (Lipinski definition) is 0. The van der Waals surface area contributed by atoms with Crippen LogP contribution < -0.4 is 0 Å². The minimum absolute atomic E-state index is 0.0509. The van der Waals surface area contributed by atoms with Gasteiger partial charge >= 0.3 is 0 Å². The minimum Gasteiger partial charge on any atom is -0.300 e. The highest BCUT2D eigenvalue weighted by Gasteiger charge is 2.38. The first-order valence-corrected chi connectivity index (χ1v) is 4.20. The van der Waals surface area contributed by atoms with Gasteiger partial charge in [-0.05, 0) is 20.9 Å². The fourth-order valence-electron chi connectivity index (χ4n) is 1.51. The first-order chi connectivity index (χ1) is 4.96. The van der Waals surface area contributed by atoms with E-state index in [-0.39, 0.29) is 11.5 Å². The quantitative estimate of drug-likeness (QED) is 0.525. The summed E-state index contributed by atoms with van der Waals surface area (Å²) in [6.45, 7) is 7.21. The zero-order valence-corrected chi connectivity index (χ0v) is 7.85. The van der Waals surface area contributed by atoms with Crippen molar-refractivity contribution in [1.82, 2.24) is 4.90 Å². The molecule has 2 nitrogen and oxygen atoms in total. The van der Waals surface area contributed by atoms with E-state index in [0.29, 0.717) is 5.78 Å². The topological polar surface area (TPSA) is 20.3 Å². The molecule has 0 aliphatic carbocycles. The highest BCUT2D eigenvalue weighted by atomic mass is 16.1. The predicted molar refractivity (Wildman–Crippen MR) is 45.5 cm³/mol. The lowest BCUT2D eigenvalue weighted by Crippen LogP contribution is -2.53. The highest BCUT2D eigenvalue weighted by Crippen LogP contribution is 2.28. The maximum absolute atomic E-state index is 11.3. The number of Topliss-reactive ketones (excluding diaryl/α,β-unsaturated/α-hetero) is 1. The molecule has 11 heavy (non-hydrogen) atoms. The van der Waals surface area contributed by atoms with Crippen LogP contribution in [0.25, 0.3) is 0 Å². The van der Waals surface area contributed by atoms with Crippen LogP contribution in [0.5, 0.6) is 0 Å². The summed E-state index contributed by atoms with van der Waals surface area (Å²) in [5, 5.41) is 0. The van der Waals surface area contributed by atoms with Gasteiger partial charge in [0.2, 0.25) is 0 Å². The van der Waals surface area contributed by atoms with Crippen molar-refractivity contribution in [2.75, 3.05) is 13.6 Å². The molecule has 64 valence electrons. The van der Waals surface area contributed by atoms with Crippen molar-refractivity contribution >= 4 is 5.78 Å². The number of rotatable bonds is 0. The third kappa shape index (κ3) is 1.32. The van der Waals surface area contributed by atoms with E-state index in [1.54, 1.807) is 0 Å². The van der Waals surface area contributed by atoms with Gasteiger partial charge in [0, 0.05) is 24.4 Å². The molecule has 0 amide bonds. The maximum atomic E-state index is 11.3. The lowest BCUT2D eigenvalue weighted by atomic mass is 9.80. The van der Waals surface area contributed by atoms with Gasteiger partial charge in [-0.1, -0.05) is 6.92 Å². The van der Waals surface area contributed by atoms with Crippen LogP contribution in [0.4, 0.5) is 0 Å². The van der Waals surface area contributed by atoms with E-state index in [1.165, 1.54) is 0 Å². The van der Waals surface area contributed by atoms with E-state index in [0.717, 1.165) is 13.0 Å². The summed E-state index contributed by atoms with van der Waals surface area (Å²) < 4.78 is 0. The molecule has 0 aromatic carbocycles. The van der Waals surface area contributed by atoms with Crippen molar-refractivity contribution in [1.29, 1.82) is 0 Å². The van der Waals surface area contributed by atoms with Crippen molar-refractivity contribution in [3.63, 3.8) is 0 Å². The Morgan fingerprint density at radius 3 is 2.55 bits per heavy atom. The molecule has 0 saturated carbocycles. The Labute approximate surface area is 68.6 Å². The van der Waals surface area contributed by atoms with Gasteiger partial charge in [0.25, 0.3) is 0 Å². The molecule has 0 N–H and O–H groups in total. The molecule has 1 unspecified atom stereocenters. The van der Waals surface area contributed by atoms with E-state index >= 15 is 0 Å². The smallest absolute Gasteiger partial charge is 0.138 e. The van der Waals surface area contributed by atoms with E-state index in [1.807, 2.05) is 6.92 Å². The summed E-state index contributed by atoms with van der Waals surface area (Å²) in [4.78, 5) is 13.6. The number of piperidine rings is 1. The Kier molecular flexibility index (Phi) is 2.06. The summed E-state index contributed by atoms with van der Waals surface area (Å²) in [7, 11) is 2.09. The van der Waals surface area contributed by atoms with Crippen LogP contribution in [-0.4, -0.2) is 29.8 Å². The SMILES string of the molecule is CC1C(=O)CCN(C)C1(C)C. The first-order valence-electron chi connectivity index (χ1n) is 4.20. The average Bonchev–Trinajstić information content (AvgIpc) is 1.95. The zero-order valence-electron chi connectivity index (χ0n) is 7.85. The van der Waals surface area contributed by atoms with Crippen molar-refractivity contribution in [3.8, 4) is 0 Å². The monoisotopic (exact) mass is 155 g/mol. The van der Waals surface area contributed by atoms with Gasteiger partial charge in [-0.3, -0.25) is 4.79 Å². The van der Waals surface area contributed by atoms with Crippen molar-refractivity contribution < 1.29 is 4.79 Å². The fraction of sp³-hybridized carbons (Fsp3) is 0.889. The molecule has 1 fully saturated rings. The molecular formula is C9H17NO. The molecule has 1 heterocycles. The Morgan fingerprint density at radius 1 is 1.55 bits per heavy atom. The van der Waals surface area contributed by atoms with Gasteiger partial charge in [-0.2, -0.15) is 0 Å². The molecule has 1 rings (SSSR count). The van der Waals surface area contributed by atoms with Crippen LogP contribution in [0.2, 0.25) is 0 Å². The molecule has 0 spiro atoms. The van der Waals surface area contributed by atoms with Crippen LogP contribution in [0.3, 0.4) is 0 Å². The van der Waals surface area contributed by atoms with Crippen molar-refractivity contribution in [3.05, 3.63) is 0 Å². The molecular weight excluding hydrogens is 138 g/mol. The summed E-state index contributed by atoms with van der Waals surface area (Å²) in [6, 6.07) is 0. The Morgan fingerprint density at radius 2 is 2.09 bits per heavy atom. The second-order valence-corrected chi connectivity index (χ2v) is 4.01. The average molecular weight is 155 g/mol. The minimum atomic E-state index is 0.0509. The molecule has 1 saturated heterocycles. The Hall–Kier alpha value is -0.370. The van der Waals surface area contributed by atoms with E-state index < -0.39 is 0 Å². The van der Waals surface area contributed by atoms with Crippen LogP contribution in [0.15, 0.2) is 0 Å². The summed E-state index contributed by atoms with van der Waals surface area (Å²) >= 11 is 0. The van der Waals surface area contributed by atoms with Crippen molar-refractivity contribution in [2.45, 2.75) is 32.7 Å². The lowest BCUT2D eigenvalue weighted by Gasteiger charge is -2.43. The van der Waals surface area contributed by atoms with Crippen LogP contribution >= 0.6 is 0 Å². The van der Waals surface area contributed by atoms with Gasteiger partial charge in [0.05, 0.1) is 0 Å². The number of carbonyl (C=O) groups is 1. The number of hydrogen-bond acceptors (Lipinski definition) is 2. The van der Waals surface area contributed by atoms with Gasteiger partial charge in [0.15, 0.2) is 0 Å². The van der Waals surface area contributed by atoms with Gasteiger partial charge in [-0.25, -0.2) is 0 Å².